The Morgan fingerprint density at radius 1 is 1.22 bits per heavy atom. The monoisotopic (exact) mass is 435 g/mol. The zero-order valence-electron chi connectivity index (χ0n) is 18.4. The van der Waals surface area contributed by atoms with Crippen molar-refractivity contribution in [2.45, 2.75) is 31.7 Å². The van der Waals surface area contributed by atoms with Gasteiger partial charge >= 0.3 is 0 Å². The molecule has 2 aliphatic rings. The molecule has 5 rings (SSSR count). The number of hydrogen-bond donors (Lipinski definition) is 3. The Kier molecular flexibility index (Phi) is 6.20. The lowest BCUT2D eigenvalue weighted by Crippen LogP contribution is -2.54. The van der Waals surface area contributed by atoms with Crippen LogP contribution in [0.25, 0.3) is 10.9 Å². The first-order valence-corrected chi connectivity index (χ1v) is 10.6. The Labute approximate surface area is 187 Å². The van der Waals surface area contributed by atoms with Crippen LogP contribution in [-0.2, 0) is 10.3 Å². The van der Waals surface area contributed by atoms with Crippen molar-refractivity contribution in [1.82, 2.24) is 15.0 Å². The zero-order chi connectivity index (χ0) is 22.7. The Bertz CT molecular complexity index is 1140. The van der Waals surface area contributed by atoms with Gasteiger partial charge in [-0.3, -0.25) is 4.98 Å². The van der Waals surface area contributed by atoms with Gasteiger partial charge in [0.2, 0.25) is 5.95 Å². The SMILES string of the molecule is COc1cccc2c(N=C(N)C3CCC3)nc(N)nc12.Cc1cncc(C2(N)COC2)c1. The minimum absolute atomic E-state index is 0.169. The lowest BCUT2D eigenvalue weighted by atomic mass is 9.84. The van der Waals surface area contributed by atoms with Crippen LogP contribution in [0, 0.1) is 12.8 Å². The van der Waals surface area contributed by atoms with Crippen molar-refractivity contribution >= 4 is 28.5 Å². The van der Waals surface area contributed by atoms with Gasteiger partial charge in [0.15, 0.2) is 5.82 Å². The summed E-state index contributed by atoms with van der Waals surface area (Å²) in [6, 6.07) is 7.66. The molecule has 3 heterocycles. The molecule has 9 nitrogen and oxygen atoms in total. The van der Waals surface area contributed by atoms with Gasteiger partial charge in [-0.1, -0.05) is 18.6 Å². The number of para-hydroxylation sites is 1. The number of ether oxygens (including phenoxy) is 2. The molecule has 1 aromatic carbocycles. The minimum Gasteiger partial charge on any atom is -0.494 e. The molecular weight excluding hydrogens is 406 g/mol. The molecule has 3 aromatic rings. The van der Waals surface area contributed by atoms with E-state index in [-0.39, 0.29) is 11.5 Å². The second-order valence-electron chi connectivity index (χ2n) is 8.33. The van der Waals surface area contributed by atoms with Gasteiger partial charge in [0.25, 0.3) is 0 Å². The van der Waals surface area contributed by atoms with Crippen LogP contribution in [0.5, 0.6) is 5.75 Å². The molecule has 9 heteroatoms. The number of methoxy groups -OCH3 is 1. The molecule has 1 saturated carbocycles. The number of pyridine rings is 1. The molecule has 168 valence electrons. The summed E-state index contributed by atoms with van der Waals surface area (Å²) in [4.78, 5) is 17.0. The highest BCUT2D eigenvalue weighted by atomic mass is 16.5. The van der Waals surface area contributed by atoms with Crippen LogP contribution in [0.3, 0.4) is 0 Å². The van der Waals surface area contributed by atoms with Gasteiger partial charge in [0, 0.05) is 23.7 Å². The molecule has 1 aliphatic carbocycles. The molecule has 0 atom stereocenters. The van der Waals surface area contributed by atoms with Crippen LogP contribution in [0.15, 0.2) is 41.7 Å². The Morgan fingerprint density at radius 2 is 2.00 bits per heavy atom. The summed E-state index contributed by atoms with van der Waals surface area (Å²) >= 11 is 0. The van der Waals surface area contributed by atoms with Crippen molar-refractivity contribution in [1.29, 1.82) is 0 Å². The third-order valence-electron chi connectivity index (χ3n) is 5.83. The van der Waals surface area contributed by atoms with Crippen LogP contribution in [0.4, 0.5) is 11.8 Å². The summed E-state index contributed by atoms with van der Waals surface area (Å²) in [5.74, 6) is 2.32. The van der Waals surface area contributed by atoms with E-state index in [0.717, 1.165) is 29.4 Å². The van der Waals surface area contributed by atoms with Crippen molar-refractivity contribution < 1.29 is 9.47 Å². The number of benzene rings is 1. The fourth-order valence-electron chi connectivity index (χ4n) is 3.61. The summed E-state index contributed by atoms with van der Waals surface area (Å²) in [5.41, 5.74) is 20.4. The summed E-state index contributed by atoms with van der Waals surface area (Å²) in [7, 11) is 1.60. The predicted octanol–water partition coefficient (Wildman–Crippen LogP) is 2.58. The summed E-state index contributed by atoms with van der Waals surface area (Å²) in [6.07, 6.45) is 7.04. The van der Waals surface area contributed by atoms with Gasteiger partial charge in [-0.25, -0.2) is 9.98 Å². The maximum Gasteiger partial charge on any atom is 0.222 e. The molecule has 6 N–H and O–H groups in total. The smallest absolute Gasteiger partial charge is 0.222 e. The molecule has 1 aliphatic heterocycles. The molecular formula is C23H29N7O2. The van der Waals surface area contributed by atoms with Crippen molar-refractivity contribution in [2.75, 3.05) is 26.1 Å². The first-order chi connectivity index (χ1) is 15.4. The number of amidine groups is 1. The lowest BCUT2D eigenvalue weighted by molar-refractivity contribution is -0.0570. The summed E-state index contributed by atoms with van der Waals surface area (Å²) < 4.78 is 10.4. The molecule has 1 saturated heterocycles. The number of rotatable bonds is 4. The molecule has 0 amide bonds. The van der Waals surface area contributed by atoms with E-state index in [1.165, 1.54) is 6.42 Å². The third kappa shape index (κ3) is 4.49. The average Bonchev–Trinajstić information content (AvgIpc) is 2.70. The second-order valence-corrected chi connectivity index (χ2v) is 8.33. The Hall–Kier alpha value is -3.30. The number of nitrogens with two attached hydrogens (primary N) is 3. The van der Waals surface area contributed by atoms with Gasteiger partial charge in [0.1, 0.15) is 17.1 Å². The minimum atomic E-state index is -0.279. The number of nitrogens with zero attached hydrogens (tertiary/aromatic N) is 4. The maximum absolute atomic E-state index is 6.04. The van der Waals surface area contributed by atoms with Crippen LogP contribution < -0.4 is 21.9 Å². The fourth-order valence-corrected chi connectivity index (χ4v) is 3.61. The number of aliphatic imine (C=N–C) groups is 1. The Balaban J connectivity index is 0.000000174. The Morgan fingerprint density at radius 3 is 2.59 bits per heavy atom. The van der Waals surface area contributed by atoms with E-state index in [2.05, 4.69) is 26.0 Å². The zero-order valence-corrected chi connectivity index (χ0v) is 18.4. The number of fused-ring (bicyclic) bond motifs is 1. The van der Waals surface area contributed by atoms with E-state index in [1.807, 2.05) is 37.5 Å². The highest BCUT2D eigenvalue weighted by Crippen LogP contribution is 2.32. The first kappa shape index (κ1) is 21.9. The van der Waals surface area contributed by atoms with E-state index in [0.29, 0.717) is 42.1 Å². The topological polar surface area (TPSA) is 148 Å². The van der Waals surface area contributed by atoms with Gasteiger partial charge in [0.05, 0.1) is 25.9 Å². The molecule has 2 aromatic heterocycles. The summed E-state index contributed by atoms with van der Waals surface area (Å²) in [5, 5.41) is 0.792. The lowest BCUT2D eigenvalue weighted by Gasteiger charge is -2.37. The number of nitrogen functional groups attached to an aromatic ring is 1. The average molecular weight is 436 g/mol. The van der Waals surface area contributed by atoms with E-state index >= 15 is 0 Å². The van der Waals surface area contributed by atoms with Gasteiger partial charge < -0.3 is 26.7 Å². The highest BCUT2D eigenvalue weighted by Gasteiger charge is 2.36. The third-order valence-corrected chi connectivity index (χ3v) is 5.83. The van der Waals surface area contributed by atoms with Crippen LogP contribution in [-0.4, -0.2) is 41.1 Å². The number of hydrogen-bond acceptors (Lipinski definition) is 8. The van der Waals surface area contributed by atoms with E-state index < -0.39 is 0 Å². The number of aryl methyl sites for hydroxylation is 1. The van der Waals surface area contributed by atoms with Crippen molar-refractivity contribution in [3.8, 4) is 5.75 Å². The number of anilines is 1. The largest absolute Gasteiger partial charge is 0.494 e. The molecule has 0 bridgehead atoms. The van der Waals surface area contributed by atoms with Crippen LogP contribution >= 0.6 is 0 Å². The molecule has 0 unspecified atom stereocenters. The first-order valence-electron chi connectivity index (χ1n) is 10.6. The van der Waals surface area contributed by atoms with Crippen LogP contribution in [0.2, 0.25) is 0 Å². The van der Waals surface area contributed by atoms with Gasteiger partial charge in [-0.15, -0.1) is 0 Å². The maximum atomic E-state index is 6.04. The van der Waals surface area contributed by atoms with E-state index in [4.69, 9.17) is 26.7 Å². The fraction of sp³-hybridized carbons (Fsp3) is 0.391. The van der Waals surface area contributed by atoms with Crippen molar-refractivity contribution in [2.24, 2.45) is 22.4 Å². The van der Waals surface area contributed by atoms with E-state index in [9.17, 15) is 0 Å². The number of aromatic nitrogens is 3. The van der Waals surface area contributed by atoms with Crippen LogP contribution in [0.1, 0.15) is 30.4 Å². The molecule has 0 spiro atoms. The standard InChI is InChI=1S/C14H17N5O.C9H12N2O/c1-20-10-7-3-6-9-11(10)17-14(16)19-13(9)18-12(15)8-4-2-5-8;1-7-2-8(4-11-3-7)9(10)5-12-6-9/h3,6-8H,2,4-5H2,1H3,(H4,15,16,17,18,19);2-4H,5-6,10H2,1H3. The highest BCUT2D eigenvalue weighted by molar-refractivity contribution is 5.96. The predicted molar refractivity (Wildman–Crippen MR) is 125 cm³/mol. The molecule has 2 fully saturated rings. The van der Waals surface area contributed by atoms with Gasteiger partial charge in [-0.2, -0.15) is 4.98 Å². The molecule has 0 radical (unpaired) electrons. The van der Waals surface area contributed by atoms with Crippen molar-refractivity contribution in [3.05, 3.63) is 47.8 Å². The normalized spacial score (nSPS) is 17.7. The van der Waals surface area contributed by atoms with Gasteiger partial charge in [-0.05, 0) is 43.0 Å². The second kappa shape index (κ2) is 9.05. The summed E-state index contributed by atoms with van der Waals surface area (Å²) in [6.45, 7) is 3.23. The quantitative estimate of drug-likeness (QED) is 0.418. The molecule has 32 heavy (non-hydrogen) atoms. The van der Waals surface area contributed by atoms with Crippen molar-refractivity contribution in [3.63, 3.8) is 0 Å². The van der Waals surface area contributed by atoms with E-state index in [1.54, 1.807) is 7.11 Å².